The first-order valence-corrected chi connectivity index (χ1v) is 18.7. The summed E-state index contributed by atoms with van der Waals surface area (Å²) >= 11 is 7.88. The number of carbonyl (C=O) groups is 4. The molecule has 9 nitrogen and oxygen atoms in total. The third kappa shape index (κ3) is 4.56. The Balaban J connectivity index is 1.13. The van der Waals surface area contributed by atoms with Crippen molar-refractivity contribution in [2.24, 2.45) is 36.1 Å². The largest absolute Gasteiger partial charge is 0.508 e. The number of allylic oxidation sites excluding steroid dienone is 2. The number of aromatic hydroxyl groups is 1. The fourth-order valence-electron chi connectivity index (χ4n) is 9.51. The maximum absolute atomic E-state index is 15.0. The van der Waals surface area contributed by atoms with Gasteiger partial charge in [0.05, 0.1) is 34.6 Å². The topological polar surface area (TPSA) is 113 Å². The highest BCUT2D eigenvalue weighted by Crippen LogP contribution is 2.64. The lowest BCUT2D eigenvalue weighted by molar-refractivity contribution is -0.141. The van der Waals surface area contributed by atoms with E-state index in [0.29, 0.717) is 28.5 Å². The van der Waals surface area contributed by atoms with Crippen LogP contribution in [0.4, 0.5) is 5.82 Å². The lowest BCUT2D eigenvalue weighted by Gasteiger charge is -2.49. The van der Waals surface area contributed by atoms with Crippen LogP contribution >= 0.6 is 22.9 Å². The number of fused-ring (bicyclic) bond motifs is 5. The van der Waals surface area contributed by atoms with Crippen LogP contribution in [0.1, 0.15) is 42.4 Å². The van der Waals surface area contributed by atoms with Crippen LogP contribution in [0.25, 0.3) is 20.7 Å². The second-order valence-corrected chi connectivity index (χ2v) is 16.2. The average molecular weight is 731 g/mol. The molecule has 2 saturated heterocycles. The Hall–Kier alpha value is -5.06. The minimum absolute atomic E-state index is 0.0116. The van der Waals surface area contributed by atoms with E-state index in [1.807, 2.05) is 74.5 Å². The summed E-state index contributed by atoms with van der Waals surface area (Å²) in [4.78, 5) is 61.4. The highest BCUT2D eigenvalue weighted by molar-refractivity contribution is 7.22. The quantitative estimate of drug-likeness (QED) is 0.149. The molecule has 6 unspecified atom stereocenters. The summed E-state index contributed by atoms with van der Waals surface area (Å²) in [5, 5.41) is 17.7. The molecule has 4 aliphatic rings. The Morgan fingerprint density at radius 1 is 0.942 bits per heavy atom. The van der Waals surface area contributed by atoms with Crippen LogP contribution in [0, 0.1) is 36.0 Å². The molecule has 5 aromatic rings. The molecule has 0 spiro atoms. The third-order valence-corrected chi connectivity index (χ3v) is 13.5. The van der Waals surface area contributed by atoms with Gasteiger partial charge in [-0.15, -0.1) is 11.3 Å². The van der Waals surface area contributed by atoms with Crippen LogP contribution in [-0.2, 0) is 32.8 Å². The van der Waals surface area contributed by atoms with Gasteiger partial charge in [0.15, 0.2) is 0 Å². The van der Waals surface area contributed by atoms with E-state index >= 15 is 0 Å². The lowest BCUT2D eigenvalue weighted by atomic mass is 9.51. The second kappa shape index (κ2) is 11.7. The molecular formula is C41H35ClN4O5S. The number of likely N-dealkylation sites (tertiary alicyclic amines) is 1. The molecule has 4 heterocycles. The Morgan fingerprint density at radius 2 is 1.69 bits per heavy atom. The number of halogens is 1. The van der Waals surface area contributed by atoms with Crippen LogP contribution in [0.2, 0.25) is 5.02 Å². The number of aryl methyl sites for hydroxylation is 2. The number of amides is 4. The molecule has 2 aliphatic heterocycles. The summed E-state index contributed by atoms with van der Waals surface area (Å²) in [6, 6.07) is 23.9. The zero-order chi connectivity index (χ0) is 36.2. The number of anilines is 1. The molecule has 3 aromatic carbocycles. The molecule has 3 fully saturated rings. The number of phenolic OH excluding ortho intramolecular Hbond substituents is 1. The molecule has 2 aromatic heterocycles. The Bertz CT molecular complexity index is 2400. The molecule has 9 rings (SSSR count). The van der Waals surface area contributed by atoms with E-state index in [1.165, 1.54) is 9.80 Å². The van der Waals surface area contributed by atoms with Gasteiger partial charge in [-0.05, 0) is 73.4 Å². The van der Waals surface area contributed by atoms with Gasteiger partial charge in [-0.2, -0.15) is 5.10 Å². The Kier molecular flexibility index (Phi) is 7.40. The number of rotatable bonds is 5. The van der Waals surface area contributed by atoms with Crippen LogP contribution in [0.5, 0.6) is 5.75 Å². The van der Waals surface area contributed by atoms with Crippen LogP contribution < -0.4 is 4.90 Å². The predicted molar refractivity (Wildman–Crippen MR) is 198 cm³/mol. The zero-order valence-electron chi connectivity index (χ0n) is 28.7. The number of imide groups is 2. The minimum atomic E-state index is -1.28. The molecule has 0 radical (unpaired) electrons. The molecule has 2 aliphatic carbocycles. The molecule has 11 heteroatoms. The Morgan fingerprint density at radius 3 is 2.46 bits per heavy atom. The van der Waals surface area contributed by atoms with Gasteiger partial charge in [-0.25, -0.2) is 4.90 Å². The number of carbonyl (C=O) groups excluding carboxylic acids is 4. The maximum Gasteiger partial charge on any atom is 0.242 e. The van der Waals surface area contributed by atoms with Gasteiger partial charge in [0.1, 0.15) is 17.3 Å². The number of thiophene rings is 1. The predicted octanol–water partition coefficient (Wildman–Crippen LogP) is 7.40. The van der Waals surface area contributed by atoms with Gasteiger partial charge < -0.3 is 5.11 Å². The van der Waals surface area contributed by atoms with Crippen molar-refractivity contribution in [2.75, 3.05) is 4.90 Å². The summed E-state index contributed by atoms with van der Waals surface area (Å²) in [6.07, 6.45) is 2.57. The smallest absolute Gasteiger partial charge is 0.242 e. The van der Waals surface area contributed by atoms with E-state index in [2.05, 4.69) is 0 Å². The van der Waals surface area contributed by atoms with E-state index in [9.17, 15) is 24.3 Å². The van der Waals surface area contributed by atoms with Gasteiger partial charge in [-0.1, -0.05) is 71.8 Å². The first kappa shape index (κ1) is 32.8. The summed E-state index contributed by atoms with van der Waals surface area (Å²) in [5.41, 5.74) is 2.58. The summed E-state index contributed by atoms with van der Waals surface area (Å²) in [5.74, 6) is -4.06. The van der Waals surface area contributed by atoms with Crippen molar-refractivity contribution in [3.05, 3.63) is 112 Å². The van der Waals surface area contributed by atoms with Crippen molar-refractivity contribution in [3.63, 3.8) is 0 Å². The van der Waals surface area contributed by atoms with Crippen molar-refractivity contribution in [3.8, 4) is 16.3 Å². The average Bonchev–Trinajstić information content (AvgIpc) is 3.80. The standard InChI is InChI=1S/C41H35ClN4O5S/c1-21-27-17-23(42)13-16-32(27)52-36(21)30-19-33(44(3)43-30)46-38(49)29-18-28-24(35(41(29,2)40(46)51)25-11-7-8-12-31(25)47)14-15-26-34(28)39(50)45(37(26)48)20-22-9-5-4-6-10-22/h4-14,16-17,19,26,28-29,34-35,47H,15,18,20H2,1-3H3. The van der Waals surface area contributed by atoms with E-state index in [0.717, 1.165) is 31.7 Å². The van der Waals surface area contributed by atoms with Gasteiger partial charge in [0, 0.05) is 34.3 Å². The maximum atomic E-state index is 15.0. The SMILES string of the molecule is Cc1c(-c2cc(N3C(=O)C4CC5C(=CCC6C(=O)N(Cc7ccccc7)C(=O)C65)C(c5ccccc5O)C4(C)C3=O)n(C)n2)sc2ccc(Cl)cc12. The van der Waals surface area contributed by atoms with Crippen LogP contribution in [0.15, 0.2) is 90.5 Å². The van der Waals surface area contributed by atoms with Crippen molar-refractivity contribution in [1.29, 1.82) is 0 Å². The molecular weight excluding hydrogens is 696 g/mol. The van der Waals surface area contributed by atoms with Crippen molar-refractivity contribution >= 4 is 62.5 Å². The fraction of sp³-hybridized carbons (Fsp3) is 0.293. The summed E-state index contributed by atoms with van der Waals surface area (Å²) in [7, 11) is 1.72. The monoisotopic (exact) mass is 730 g/mol. The highest BCUT2D eigenvalue weighted by Gasteiger charge is 2.68. The van der Waals surface area contributed by atoms with E-state index in [1.54, 1.807) is 47.3 Å². The molecule has 0 bridgehead atoms. The highest BCUT2D eigenvalue weighted by atomic mass is 35.5. The van der Waals surface area contributed by atoms with Crippen LogP contribution in [0.3, 0.4) is 0 Å². The number of para-hydroxylation sites is 1. The van der Waals surface area contributed by atoms with E-state index < -0.39 is 35.0 Å². The number of benzene rings is 3. The molecule has 52 heavy (non-hydrogen) atoms. The number of aromatic nitrogens is 2. The van der Waals surface area contributed by atoms with Gasteiger partial charge >= 0.3 is 0 Å². The first-order valence-electron chi connectivity index (χ1n) is 17.5. The molecule has 6 atom stereocenters. The normalized spacial score (nSPS) is 26.9. The van der Waals surface area contributed by atoms with Crippen molar-refractivity contribution < 1.29 is 24.3 Å². The number of nitrogens with zero attached hydrogens (tertiary/aromatic N) is 4. The molecule has 1 saturated carbocycles. The Labute approximate surface area is 309 Å². The minimum Gasteiger partial charge on any atom is -0.508 e. The molecule has 262 valence electrons. The lowest BCUT2D eigenvalue weighted by Crippen LogP contribution is -2.48. The zero-order valence-corrected chi connectivity index (χ0v) is 30.3. The first-order chi connectivity index (χ1) is 25.0. The van der Waals surface area contributed by atoms with Crippen LogP contribution in [-0.4, -0.2) is 43.4 Å². The van der Waals surface area contributed by atoms with Crippen molar-refractivity contribution in [2.45, 2.75) is 39.2 Å². The van der Waals surface area contributed by atoms with Gasteiger partial charge in [-0.3, -0.25) is 28.8 Å². The van der Waals surface area contributed by atoms with Gasteiger partial charge in [0.25, 0.3) is 0 Å². The summed E-state index contributed by atoms with van der Waals surface area (Å²) in [6.45, 7) is 4.01. The molecule has 1 N–H and O–H groups in total. The number of hydrogen-bond donors (Lipinski definition) is 1. The summed E-state index contributed by atoms with van der Waals surface area (Å²) < 4.78 is 2.62. The van der Waals surface area contributed by atoms with Crippen molar-refractivity contribution in [1.82, 2.24) is 14.7 Å². The number of phenols is 1. The fourth-order valence-corrected chi connectivity index (χ4v) is 10.8. The van der Waals surface area contributed by atoms with E-state index in [4.69, 9.17) is 16.7 Å². The third-order valence-electron chi connectivity index (χ3n) is 12.0. The number of hydrogen-bond acceptors (Lipinski definition) is 7. The molecule has 4 amide bonds. The van der Waals surface area contributed by atoms with Gasteiger partial charge in [0.2, 0.25) is 23.6 Å². The second-order valence-electron chi connectivity index (χ2n) is 14.7. The van der Waals surface area contributed by atoms with E-state index in [-0.39, 0.29) is 42.3 Å².